The third-order valence-electron chi connectivity index (χ3n) is 2.54. The number of aliphatic carboxylic acids is 1. The molecule has 1 aromatic rings. The van der Waals surface area contributed by atoms with E-state index in [-0.39, 0.29) is 12.5 Å². The van der Waals surface area contributed by atoms with Crippen molar-refractivity contribution in [2.24, 2.45) is 0 Å². The zero-order valence-corrected chi connectivity index (χ0v) is 12.1. The number of hydrogen-bond donors (Lipinski definition) is 2. The largest absolute Gasteiger partial charge is 0.481 e. The molecule has 0 heterocycles. The molecule has 0 aliphatic rings. The number of ether oxygens (including phenoxy) is 1. The molecule has 1 rings (SSSR count). The highest BCUT2D eigenvalue weighted by molar-refractivity contribution is 5.69. The molecule has 2 N–H and O–H groups in total. The number of carbonyl (C=O) groups excluding carboxylic acids is 1. The molecule has 110 valence electrons. The van der Waals surface area contributed by atoms with Crippen molar-refractivity contribution < 1.29 is 19.4 Å². The summed E-state index contributed by atoms with van der Waals surface area (Å²) < 4.78 is 5.20. The zero-order chi connectivity index (χ0) is 15.2. The van der Waals surface area contributed by atoms with Crippen LogP contribution in [0.4, 0.5) is 4.79 Å². The maximum absolute atomic E-state index is 11.8. The van der Waals surface area contributed by atoms with Gasteiger partial charge < -0.3 is 15.2 Å². The summed E-state index contributed by atoms with van der Waals surface area (Å²) in [4.78, 5) is 22.5. The summed E-state index contributed by atoms with van der Waals surface area (Å²) in [5.41, 5.74) is 0.276. The van der Waals surface area contributed by atoms with Crippen molar-refractivity contribution >= 4 is 12.1 Å². The Balaban J connectivity index is 2.73. The van der Waals surface area contributed by atoms with Gasteiger partial charge in [0, 0.05) is 6.42 Å². The standard InChI is InChI=1S/C15H21NO4/c1-15(2,3)20-14(19)16-12(9-10-13(17)18)11-7-5-4-6-8-11/h4-8,12H,9-10H2,1-3H3,(H,16,19)(H,17,18)/t12-/m1/s1. The molecule has 0 radical (unpaired) electrons. The van der Waals surface area contributed by atoms with Gasteiger partial charge in [0.15, 0.2) is 0 Å². The number of carboxylic acids is 1. The van der Waals surface area contributed by atoms with E-state index in [4.69, 9.17) is 9.84 Å². The number of rotatable bonds is 5. The fourth-order valence-electron chi connectivity index (χ4n) is 1.73. The summed E-state index contributed by atoms with van der Waals surface area (Å²) in [6.45, 7) is 5.34. The van der Waals surface area contributed by atoms with Crippen LogP contribution in [0.1, 0.15) is 45.2 Å². The molecule has 0 saturated heterocycles. The molecular formula is C15H21NO4. The van der Waals surface area contributed by atoms with E-state index < -0.39 is 17.7 Å². The van der Waals surface area contributed by atoms with Gasteiger partial charge in [0.25, 0.3) is 0 Å². The zero-order valence-electron chi connectivity index (χ0n) is 12.1. The summed E-state index contributed by atoms with van der Waals surface area (Å²) in [6, 6.07) is 8.89. The minimum absolute atomic E-state index is 0.0185. The van der Waals surface area contributed by atoms with Crippen LogP contribution in [0, 0.1) is 0 Å². The average Bonchev–Trinajstić information content (AvgIpc) is 2.33. The smallest absolute Gasteiger partial charge is 0.408 e. The molecule has 0 bridgehead atoms. The number of carbonyl (C=O) groups is 2. The van der Waals surface area contributed by atoms with Crippen LogP contribution >= 0.6 is 0 Å². The number of nitrogens with one attached hydrogen (secondary N) is 1. The van der Waals surface area contributed by atoms with Gasteiger partial charge in [0.2, 0.25) is 0 Å². The SMILES string of the molecule is CC(C)(C)OC(=O)N[C@H](CCC(=O)O)c1ccccc1. The molecule has 0 spiro atoms. The second kappa shape index (κ2) is 6.93. The Bertz CT molecular complexity index is 451. The van der Waals surface area contributed by atoms with Gasteiger partial charge in [-0.2, -0.15) is 0 Å². The molecule has 5 nitrogen and oxygen atoms in total. The Morgan fingerprint density at radius 1 is 1.25 bits per heavy atom. The highest BCUT2D eigenvalue weighted by Crippen LogP contribution is 2.19. The Morgan fingerprint density at radius 2 is 1.85 bits per heavy atom. The van der Waals surface area contributed by atoms with Crippen LogP contribution in [0.2, 0.25) is 0 Å². The quantitative estimate of drug-likeness (QED) is 0.868. The van der Waals surface area contributed by atoms with E-state index in [9.17, 15) is 9.59 Å². The number of amides is 1. The Labute approximate surface area is 118 Å². The molecule has 0 aliphatic carbocycles. The van der Waals surface area contributed by atoms with Crippen LogP contribution in [-0.4, -0.2) is 22.8 Å². The van der Waals surface area contributed by atoms with Gasteiger partial charge >= 0.3 is 12.1 Å². The van der Waals surface area contributed by atoms with Crippen LogP contribution in [0.3, 0.4) is 0 Å². The molecule has 1 amide bonds. The second-order valence-corrected chi connectivity index (χ2v) is 5.54. The van der Waals surface area contributed by atoms with Gasteiger partial charge in [-0.15, -0.1) is 0 Å². The summed E-state index contributed by atoms with van der Waals surface area (Å²) in [5, 5.41) is 11.5. The van der Waals surface area contributed by atoms with Crippen LogP contribution in [-0.2, 0) is 9.53 Å². The molecule has 0 aromatic heterocycles. The fourth-order valence-corrected chi connectivity index (χ4v) is 1.73. The summed E-state index contributed by atoms with van der Waals surface area (Å²) >= 11 is 0. The van der Waals surface area contributed by atoms with E-state index in [0.29, 0.717) is 6.42 Å². The van der Waals surface area contributed by atoms with Crippen LogP contribution < -0.4 is 5.32 Å². The molecule has 0 fully saturated rings. The molecule has 20 heavy (non-hydrogen) atoms. The van der Waals surface area contributed by atoms with Gasteiger partial charge in [-0.3, -0.25) is 4.79 Å². The number of hydrogen-bond acceptors (Lipinski definition) is 3. The van der Waals surface area contributed by atoms with Crippen molar-refractivity contribution in [2.75, 3.05) is 0 Å². The molecule has 1 atom stereocenters. The lowest BCUT2D eigenvalue weighted by atomic mass is 10.0. The van der Waals surface area contributed by atoms with E-state index in [1.807, 2.05) is 30.3 Å². The van der Waals surface area contributed by atoms with Crippen molar-refractivity contribution in [1.82, 2.24) is 5.32 Å². The Kier molecular flexibility index (Phi) is 5.55. The summed E-state index contributed by atoms with van der Waals surface area (Å²) in [7, 11) is 0. The highest BCUT2D eigenvalue weighted by atomic mass is 16.6. The van der Waals surface area contributed by atoms with Crippen LogP contribution in [0.5, 0.6) is 0 Å². The molecular weight excluding hydrogens is 258 g/mol. The van der Waals surface area contributed by atoms with E-state index in [0.717, 1.165) is 5.56 Å². The first kappa shape index (κ1) is 16.0. The second-order valence-electron chi connectivity index (χ2n) is 5.54. The minimum atomic E-state index is -0.892. The van der Waals surface area contributed by atoms with Gasteiger partial charge in [0.1, 0.15) is 5.60 Å². The normalized spacial score (nSPS) is 12.6. The molecule has 1 aromatic carbocycles. The number of alkyl carbamates (subject to hydrolysis) is 1. The van der Waals surface area contributed by atoms with Crippen molar-refractivity contribution in [1.29, 1.82) is 0 Å². The Hall–Kier alpha value is -2.04. The van der Waals surface area contributed by atoms with Crippen LogP contribution in [0.25, 0.3) is 0 Å². The predicted molar refractivity (Wildman–Crippen MR) is 75.4 cm³/mol. The Morgan fingerprint density at radius 3 is 2.35 bits per heavy atom. The number of carboxylic acid groups (broad SMARTS) is 1. The topological polar surface area (TPSA) is 75.6 Å². The van der Waals surface area contributed by atoms with E-state index in [1.165, 1.54) is 0 Å². The maximum Gasteiger partial charge on any atom is 0.408 e. The van der Waals surface area contributed by atoms with Gasteiger partial charge in [-0.1, -0.05) is 30.3 Å². The van der Waals surface area contributed by atoms with Crippen molar-refractivity contribution in [3.8, 4) is 0 Å². The lowest BCUT2D eigenvalue weighted by Crippen LogP contribution is -2.35. The molecule has 0 unspecified atom stereocenters. The van der Waals surface area contributed by atoms with Crippen molar-refractivity contribution in [2.45, 2.75) is 45.3 Å². The first-order chi connectivity index (χ1) is 9.28. The third kappa shape index (κ3) is 6.22. The summed E-state index contributed by atoms with van der Waals surface area (Å²) in [6.07, 6.45) is -0.245. The van der Waals surface area contributed by atoms with E-state index in [2.05, 4.69) is 5.32 Å². The first-order valence-electron chi connectivity index (χ1n) is 6.54. The third-order valence-corrected chi connectivity index (χ3v) is 2.54. The van der Waals surface area contributed by atoms with Crippen molar-refractivity contribution in [3.63, 3.8) is 0 Å². The van der Waals surface area contributed by atoms with E-state index >= 15 is 0 Å². The van der Waals surface area contributed by atoms with Crippen LogP contribution in [0.15, 0.2) is 30.3 Å². The van der Waals surface area contributed by atoms with Gasteiger partial charge in [0.05, 0.1) is 6.04 Å². The van der Waals surface area contributed by atoms with Crippen molar-refractivity contribution in [3.05, 3.63) is 35.9 Å². The average molecular weight is 279 g/mol. The minimum Gasteiger partial charge on any atom is -0.481 e. The van der Waals surface area contributed by atoms with E-state index in [1.54, 1.807) is 20.8 Å². The van der Waals surface area contributed by atoms with Gasteiger partial charge in [-0.05, 0) is 32.8 Å². The first-order valence-corrected chi connectivity index (χ1v) is 6.54. The predicted octanol–water partition coefficient (Wildman–Crippen LogP) is 3.12. The summed E-state index contributed by atoms with van der Waals surface area (Å²) in [5.74, 6) is -0.892. The highest BCUT2D eigenvalue weighted by Gasteiger charge is 2.20. The van der Waals surface area contributed by atoms with Gasteiger partial charge in [-0.25, -0.2) is 4.79 Å². The number of benzene rings is 1. The maximum atomic E-state index is 11.8. The molecule has 0 aliphatic heterocycles. The molecule has 0 saturated carbocycles. The lowest BCUT2D eigenvalue weighted by Gasteiger charge is -2.23. The molecule has 5 heteroatoms. The monoisotopic (exact) mass is 279 g/mol. The lowest BCUT2D eigenvalue weighted by molar-refractivity contribution is -0.137. The fraction of sp³-hybridized carbons (Fsp3) is 0.467.